The first-order chi connectivity index (χ1) is 11.7. The molecule has 0 saturated carbocycles. The summed E-state index contributed by atoms with van der Waals surface area (Å²) in [4.78, 5) is 0. The second-order valence-corrected chi connectivity index (χ2v) is 15.8. The highest BCUT2D eigenvalue weighted by molar-refractivity contribution is 14.1. The molecule has 1 aliphatic rings. The molecule has 1 fully saturated rings. The van der Waals surface area contributed by atoms with E-state index in [1.165, 1.54) is 0 Å². The molecule has 4 atom stereocenters. The topological polar surface area (TPSA) is 27.7 Å². The zero-order chi connectivity index (χ0) is 20.3. The molecular weight excluding hydrogens is 455 g/mol. The highest BCUT2D eigenvalue weighted by Crippen LogP contribution is 2.40. The fourth-order valence-electron chi connectivity index (χ4n) is 2.71. The van der Waals surface area contributed by atoms with E-state index >= 15 is 0 Å². The van der Waals surface area contributed by atoms with Crippen molar-refractivity contribution in [3.63, 3.8) is 0 Å². The number of hydrogen-bond donors (Lipinski definition) is 0. The molecule has 26 heavy (non-hydrogen) atoms. The second-order valence-electron chi connectivity index (χ2n) is 9.95. The molecular formula is C21H41IO3Si. The molecule has 0 aromatic rings. The van der Waals surface area contributed by atoms with Crippen molar-refractivity contribution in [2.75, 3.05) is 4.43 Å². The van der Waals surface area contributed by atoms with Crippen LogP contribution in [0.3, 0.4) is 0 Å². The van der Waals surface area contributed by atoms with Crippen LogP contribution in [0.25, 0.3) is 0 Å². The Morgan fingerprint density at radius 2 is 1.69 bits per heavy atom. The van der Waals surface area contributed by atoms with Crippen molar-refractivity contribution in [1.82, 2.24) is 0 Å². The Morgan fingerprint density at radius 1 is 1.12 bits per heavy atom. The Morgan fingerprint density at radius 3 is 2.15 bits per heavy atom. The van der Waals surface area contributed by atoms with Crippen LogP contribution >= 0.6 is 22.6 Å². The van der Waals surface area contributed by atoms with E-state index in [1.54, 1.807) is 0 Å². The van der Waals surface area contributed by atoms with Crippen LogP contribution in [0.2, 0.25) is 18.1 Å². The van der Waals surface area contributed by atoms with E-state index in [1.807, 2.05) is 13.8 Å². The molecule has 0 bridgehead atoms. The van der Waals surface area contributed by atoms with Gasteiger partial charge < -0.3 is 13.9 Å². The molecule has 0 aromatic heterocycles. The summed E-state index contributed by atoms with van der Waals surface area (Å²) < 4.78 is 20.4. The van der Waals surface area contributed by atoms with E-state index in [9.17, 15) is 0 Å². The predicted molar refractivity (Wildman–Crippen MR) is 123 cm³/mol. The summed E-state index contributed by atoms with van der Waals surface area (Å²) in [5.41, 5.74) is 0. The summed E-state index contributed by atoms with van der Waals surface area (Å²) in [7, 11) is -1.92. The molecule has 0 N–H and O–H groups in total. The van der Waals surface area contributed by atoms with Crippen molar-refractivity contribution < 1.29 is 13.9 Å². The molecule has 1 rings (SSSR count). The third kappa shape index (κ3) is 6.87. The lowest BCUT2D eigenvalue weighted by atomic mass is 9.96. The highest BCUT2D eigenvalue weighted by atomic mass is 127. The summed E-state index contributed by atoms with van der Waals surface area (Å²) >= 11 is 2.42. The molecule has 1 saturated heterocycles. The van der Waals surface area contributed by atoms with Gasteiger partial charge in [0.2, 0.25) is 0 Å². The van der Waals surface area contributed by atoms with Crippen LogP contribution in [-0.4, -0.2) is 36.8 Å². The summed E-state index contributed by atoms with van der Waals surface area (Å²) in [5, 5.41) is 0.163. The van der Waals surface area contributed by atoms with E-state index in [4.69, 9.17) is 13.9 Å². The third-order valence-electron chi connectivity index (χ3n) is 5.83. The van der Waals surface area contributed by atoms with Crippen molar-refractivity contribution in [3.05, 3.63) is 12.2 Å². The van der Waals surface area contributed by atoms with Gasteiger partial charge in [-0.05, 0) is 50.2 Å². The number of allylic oxidation sites excluding steroid dienone is 1. The van der Waals surface area contributed by atoms with Gasteiger partial charge in [0.1, 0.15) is 6.10 Å². The average Bonchev–Trinajstić information content (AvgIpc) is 2.76. The Labute approximate surface area is 176 Å². The summed E-state index contributed by atoms with van der Waals surface area (Å²) in [6, 6.07) is 0. The number of ether oxygens (including phenoxy) is 2. The summed E-state index contributed by atoms with van der Waals surface area (Å²) in [6.45, 7) is 22.3. The highest BCUT2D eigenvalue weighted by Gasteiger charge is 2.47. The van der Waals surface area contributed by atoms with Gasteiger partial charge in [-0.25, -0.2) is 0 Å². The van der Waals surface area contributed by atoms with Gasteiger partial charge in [0.15, 0.2) is 14.1 Å². The lowest BCUT2D eigenvalue weighted by molar-refractivity contribution is -0.151. The van der Waals surface area contributed by atoms with Crippen molar-refractivity contribution in [2.45, 2.75) is 104 Å². The van der Waals surface area contributed by atoms with Gasteiger partial charge in [-0.1, -0.05) is 76.3 Å². The van der Waals surface area contributed by atoms with Crippen molar-refractivity contribution in [2.24, 2.45) is 11.8 Å². The molecule has 0 spiro atoms. The Bertz CT molecular complexity index is 468. The first-order valence-corrected chi connectivity index (χ1v) is 14.4. The minimum atomic E-state index is -1.92. The third-order valence-corrected chi connectivity index (χ3v) is 10.9. The molecule has 0 amide bonds. The maximum absolute atomic E-state index is 6.83. The molecule has 1 unspecified atom stereocenters. The van der Waals surface area contributed by atoms with Crippen LogP contribution in [0, 0.1) is 11.8 Å². The van der Waals surface area contributed by atoms with E-state index < -0.39 is 14.1 Å². The first-order valence-electron chi connectivity index (χ1n) is 9.98. The Kier molecular flexibility index (Phi) is 8.87. The molecule has 0 aliphatic carbocycles. The van der Waals surface area contributed by atoms with Gasteiger partial charge >= 0.3 is 0 Å². The average molecular weight is 497 g/mol. The Hall–Kier alpha value is 0.567. The number of halogens is 1. The predicted octanol–water partition coefficient (Wildman–Crippen LogP) is 6.57. The van der Waals surface area contributed by atoms with E-state index in [0.717, 1.165) is 10.8 Å². The lowest BCUT2D eigenvalue weighted by Gasteiger charge is -2.40. The number of rotatable bonds is 8. The maximum Gasteiger partial charge on any atom is 0.193 e. The van der Waals surface area contributed by atoms with Crippen LogP contribution in [0.15, 0.2) is 12.2 Å². The van der Waals surface area contributed by atoms with Crippen LogP contribution in [0.4, 0.5) is 0 Å². The monoisotopic (exact) mass is 496 g/mol. The normalized spacial score (nSPS) is 26.6. The summed E-state index contributed by atoms with van der Waals surface area (Å²) in [6.07, 6.45) is 5.51. The maximum atomic E-state index is 6.83. The standard InChI is InChI=1S/C21H41IO3Si/c1-15(2)16(3)11-12-18(25-26(9,10)20(4,5)6)19-17(13-14-22)23-21(7,8)24-19/h11-12,15-19H,13-14H2,1-10H3/b12-11-/t16-,17-,18?,19-/m0/s1. The minimum Gasteiger partial charge on any atom is -0.408 e. The molecule has 1 heterocycles. The summed E-state index contributed by atoms with van der Waals surface area (Å²) in [5.74, 6) is 0.578. The lowest BCUT2D eigenvalue weighted by Crippen LogP contribution is -2.48. The smallest absolute Gasteiger partial charge is 0.193 e. The van der Waals surface area contributed by atoms with Crippen LogP contribution in [0.1, 0.15) is 61.8 Å². The molecule has 3 nitrogen and oxygen atoms in total. The quantitative estimate of drug-likeness (QED) is 0.165. The van der Waals surface area contributed by atoms with Crippen molar-refractivity contribution >= 4 is 30.9 Å². The van der Waals surface area contributed by atoms with Gasteiger partial charge in [0.25, 0.3) is 0 Å². The minimum absolute atomic E-state index is 0.0514. The second kappa shape index (κ2) is 9.38. The Balaban J connectivity index is 3.14. The van der Waals surface area contributed by atoms with E-state index in [2.05, 4.69) is 89.4 Å². The molecule has 1 aliphatic heterocycles. The SMILES string of the molecule is CC(C)[C@@H](C)/C=C\C(O[Si](C)(C)C(C)(C)C)[C@H]1OC(C)(C)O[C@H]1CCI. The van der Waals surface area contributed by atoms with Gasteiger partial charge in [0.05, 0.1) is 12.2 Å². The van der Waals surface area contributed by atoms with Gasteiger partial charge in [-0.15, -0.1) is 0 Å². The van der Waals surface area contributed by atoms with Crippen molar-refractivity contribution in [1.29, 1.82) is 0 Å². The van der Waals surface area contributed by atoms with E-state index in [-0.39, 0.29) is 23.4 Å². The number of alkyl halides is 1. The van der Waals surface area contributed by atoms with Crippen LogP contribution in [-0.2, 0) is 13.9 Å². The number of hydrogen-bond acceptors (Lipinski definition) is 3. The van der Waals surface area contributed by atoms with E-state index in [0.29, 0.717) is 11.8 Å². The van der Waals surface area contributed by atoms with Crippen LogP contribution in [0.5, 0.6) is 0 Å². The van der Waals surface area contributed by atoms with Gasteiger partial charge in [0, 0.05) is 4.43 Å². The van der Waals surface area contributed by atoms with Gasteiger partial charge in [-0.3, -0.25) is 0 Å². The molecule has 154 valence electrons. The fraction of sp³-hybridized carbons (Fsp3) is 0.905. The first kappa shape index (κ1) is 24.6. The zero-order valence-electron chi connectivity index (χ0n) is 18.6. The molecule has 5 heteroatoms. The fourth-order valence-corrected chi connectivity index (χ4v) is 4.57. The van der Waals surface area contributed by atoms with Gasteiger partial charge in [-0.2, -0.15) is 0 Å². The van der Waals surface area contributed by atoms with Crippen LogP contribution < -0.4 is 0 Å². The molecule has 0 aromatic carbocycles. The molecule has 0 radical (unpaired) electrons. The zero-order valence-corrected chi connectivity index (χ0v) is 21.7. The van der Waals surface area contributed by atoms with Crippen molar-refractivity contribution in [3.8, 4) is 0 Å². The largest absolute Gasteiger partial charge is 0.408 e.